The van der Waals surface area contributed by atoms with Crippen LogP contribution < -0.4 is 5.56 Å². The van der Waals surface area contributed by atoms with Gasteiger partial charge in [-0.3, -0.25) is 9.89 Å². The van der Waals surface area contributed by atoms with Crippen LogP contribution in [0.1, 0.15) is 50.6 Å². The van der Waals surface area contributed by atoms with E-state index in [2.05, 4.69) is 30.9 Å². The number of H-pyrrole nitrogens is 1. The Bertz CT molecular complexity index is 658. The van der Waals surface area contributed by atoms with E-state index in [0.29, 0.717) is 0 Å². The van der Waals surface area contributed by atoms with Gasteiger partial charge < -0.3 is 0 Å². The molecule has 4 nitrogen and oxygen atoms in total. The fourth-order valence-electron chi connectivity index (χ4n) is 2.54. The van der Waals surface area contributed by atoms with Gasteiger partial charge in [0.1, 0.15) is 0 Å². The predicted octanol–water partition coefficient (Wildman–Crippen LogP) is 2.20. The molecule has 0 spiro atoms. The van der Waals surface area contributed by atoms with E-state index in [-0.39, 0.29) is 11.0 Å². The third-order valence-electron chi connectivity index (χ3n) is 3.69. The molecule has 2 aromatic rings. The topological polar surface area (TPSA) is 50.2 Å². The smallest absolute Gasteiger partial charge is 0.276 e. The van der Waals surface area contributed by atoms with Gasteiger partial charge >= 0.3 is 0 Å². The first-order valence-corrected chi connectivity index (χ1v) is 6.61. The molecule has 3 rings (SSSR count). The number of aromatic amines is 1. The van der Waals surface area contributed by atoms with Crippen LogP contribution in [0.25, 0.3) is 5.65 Å². The third-order valence-corrected chi connectivity index (χ3v) is 3.69. The van der Waals surface area contributed by atoms with Crippen LogP contribution in [0.5, 0.6) is 0 Å². The molecular formula is C14H19N3O. The quantitative estimate of drug-likeness (QED) is 0.773. The first kappa shape index (κ1) is 11.5. The van der Waals surface area contributed by atoms with E-state index in [0.717, 1.165) is 48.3 Å². The lowest BCUT2D eigenvalue weighted by Gasteiger charge is -2.15. The summed E-state index contributed by atoms with van der Waals surface area (Å²) in [7, 11) is 0. The molecule has 4 heteroatoms. The van der Waals surface area contributed by atoms with E-state index < -0.39 is 0 Å². The first-order chi connectivity index (χ1) is 8.47. The van der Waals surface area contributed by atoms with Crippen molar-refractivity contribution < 1.29 is 0 Å². The highest BCUT2D eigenvalue weighted by molar-refractivity contribution is 5.43. The van der Waals surface area contributed by atoms with Gasteiger partial charge in [-0.2, -0.15) is 0 Å². The van der Waals surface area contributed by atoms with Crippen molar-refractivity contribution >= 4 is 5.65 Å². The Morgan fingerprint density at radius 3 is 2.72 bits per heavy atom. The number of hydrogen-bond acceptors (Lipinski definition) is 2. The summed E-state index contributed by atoms with van der Waals surface area (Å²) in [5.74, 6) is 0. The van der Waals surface area contributed by atoms with Crippen LogP contribution in [0, 0.1) is 0 Å². The molecule has 0 bridgehead atoms. The molecule has 0 amide bonds. The molecule has 0 fully saturated rings. The Morgan fingerprint density at radius 2 is 2.00 bits per heavy atom. The summed E-state index contributed by atoms with van der Waals surface area (Å²) in [5.41, 5.74) is 3.80. The lowest BCUT2D eigenvalue weighted by Crippen LogP contribution is -2.25. The molecule has 1 N–H and O–H groups in total. The molecule has 1 aliphatic rings. The normalized spacial score (nSPS) is 15.9. The molecule has 96 valence electrons. The molecule has 0 saturated carbocycles. The van der Waals surface area contributed by atoms with E-state index in [1.54, 1.807) is 4.52 Å². The van der Waals surface area contributed by atoms with Crippen molar-refractivity contribution in [2.24, 2.45) is 0 Å². The van der Waals surface area contributed by atoms with Crippen molar-refractivity contribution in [3.05, 3.63) is 33.4 Å². The van der Waals surface area contributed by atoms with E-state index in [4.69, 9.17) is 0 Å². The molecule has 0 aromatic carbocycles. The van der Waals surface area contributed by atoms with Gasteiger partial charge in [0.25, 0.3) is 5.56 Å². The molecule has 2 aromatic heterocycles. The number of fused-ring (bicyclic) bond motifs is 2. The molecule has 0 radical (unpaired) electrons. The number of rotatable bonds is 0. The third kappa shape index (κ3) is 1.67. The summed E-state index contributed by atoms with van der Waals surface area (Å²) in [6.45, 7) is 6.38. The number of aromatic nitrogens is 3. The molecule has 0 atom stereocenters. The first-order valence-electron chi connectivity index (χ1n) is 6.61. The van der Waals surface area contributed by atoms with Gasteiger partial charge in [0, 0.05) is 22.7 Å². The van der Waals surface area contributed by atoms with Crippen LogP contribution in [-0.2, 0) is 18.3 Å². The largest absolute Gasteiger partial charge is 0.293 e. The van der Waals surface area contributed by atoms with Crippen molar-refractivity contribution in [1.82, 2.24) is 14.6 Å². The van der Waals surface area contributed by atoms with Crippen molar-refractivity contribution in [2.75, 3.05) is 0 Å². The van der Waals surface area contributed by atoms with Crippen LogP contribution >= 0.6 is 0 Å². The van der Waals surface area contributed by atoms with Crippen LogP contribution in [0.3, 0.4) is 0 Å². The lowest BCUT2D eigenvalue weighted by molar-refractivity contribution is 0.560. The van der Waals surface area contributed by atoms with Gasteiger partial charge in [0.15, 0.2) is 5.65 Å². The minimum atomic E-state index is 0.000641. The van der Waals surface area contributed by atoms with E-state index >= 15 is 0 Å². The predicted molar refractivity (Wildman–Crippen MR) is 71.2 cm³/mol. The highest BCUT2D eigenvalue weighted by atomic mass is 16.1. The Hall–Kier alpha value is -1.58. The molecule has 0 saturated heterocycles. The van der Waals surface area contributed by atoms with E-state index in [9.17, 15) is 4.79 Å². The maximum absolute atomic E-state index is 12.4. The van der Waals surface area contributed by atoms with Crippen molar-refractivity contribution in [1.29, 1.82) is 0 Å². The van der Waals surface area contributed by atoms with Crippen molar-refractivity contribution in [2.45, 2.75) is 51.9 Å². The van der Waals surface area contributed by atoms with E-state index in [1.165, 1.54) is 0 Å². The summed E-state index contributed by atoms with van der Waals surface area (Å²) in [4.78, 5) is 17.0. The average Bonchev–Trinajstić information content (AvgIpc) is 2.73. The minimum Gasteiger partial charge on any atom is -0.293 e. The number of aryl methyl sites for hydroxylation is 1. The van der Waals surface area contributed by atoms with Crippen LogP contribution in [0.15, 0.2) is 10.9 Å². The maximum Gasteiger partial charge on any atom is 0.276 e. The molecular weight excluding hydrogens is 226 g/mol. The Labute approximate surface area is 106 Å². The second-order valence-corrected chi connectivity index (χ2v) is 6.16. The van der Waals surface area contributed by atoms with Crippen molar-refractivity contribution in [3.63, 3.8) is 0 Å². The minimum absolute atomic E-state index is 0.000641. The molecule has 2 heterocycles. The van der Waals surface area contributed by atoms with Crippen molar-refractivity contribution in [3.8, 4) is 0 Å². The second kappa shape index (κ2) is 3.70. The average molecular weight is 245 g/mol. The van der Waals surface area contributed by atoms with Gasteiger partial charge in [-0.25, -0.2) is 9.50 Å². The molecule has 1 aliphatic carbocycles. The second-order valence-electron chi connectivity index (χ2n) is 6.16. The van der Waals surface area contributed by atoms with Gasteiger partial charge in [0.2, 0.25) is 0 Å². The summed E-state index contributed by atoms with van der Waals surface area (Å²) >= 11 is 0. The summed E-state index contributed by atoms with van der Waals surface area (Å²) < 4.78 is 1.60. The Balaban J connectivity index is 2.28. The van der Waals surface area contributed by atoms with Gasteiger partial charge in [-0.1, -0.05) is 20.8 Å². The Morgan fingerprint density at radius 1 is 1.28 bits per heavy atom. The number of hydrogen-bond donors (Lipinski definition) is 1. The highest BCUT2D eigenvalue weighted by Crippen LogP contribution is 2.22. The van der Waals surface area contributed by atoms with Crippen LogP contribution in [-0.4, -0.2) is 14.6 Å². The van der Waals surface area contributed by atoms with Gasteiger partial charge in [-0.05, 0) is 25.7 Å². The summed E-state index contributed by atoms with van der Waals surface area (Å²) in [6.07, 6.45) is 4.06. The number of nitrogens with one attached hydrogen (secondary N) is 1. The molecule has 18 heavy (non-hydrogen) atoms. The fraction of sp³-hybridized carbons (Fsp3) is 0.571. The zero-order valence-corrected chi connectivity index (χ0v) is 11.2. The molecule has 0 unspecified atom stereocenters. The standard InChI is InChI=1S/C14H19N3O/c1-14(2,3)11-8-12-15-10-7-5-4-6-9(10)13(18)17(12)16-11/h8,16H,4-7H2,1-3H3. The van der Waals surface area contributed by atoms with Crippen LogP contribution in [0.4, 0.5) is 0 Å². The fourth-order valence-corrected chi connectivity index (χ4v) is 2.54. The van der Waals surface area contributed by atoms with E-state index in [1.807, 2.05) is 6.07 Å². The highest BCUT2D eigenvalue weighted by Gasteiger charge is 2.21. The maximum atomic E-state index is 12.4. The monoisotopic (exact) mass is 245 g/mol. The van der Waals surface area contributed by atoms with Gasteiger partial charge in [-0.15, -0.1) is 0 Å². The number of nitrogens with zero attached hydrogens (tertiary/aromatic N) is 2. The summed E-state index contributed by atoms with van der Waals surface area (Å²) in [5, 5.41) is 3.20. The Kier molecular flexibility index (Phi) is 2.37. The SMILES string of the molecule is CC(C)(C)c1cc2nc3c(c(=O)n2[nH]1)CCCC3. The van der Waals surface area contributed by atoms with Gasteiger partial charge in [0.05, 0.1) is 5.69 Å². The lowest BCUT2D eigenvalue weighted by atomic mass is 9.92. The molecule has 0 aliphatic heterocycles. The van der Waals surface area contributed by atoms with Crippen LogP contribution in [0.2, 0.25) is 0 Å². The zero-order valence-electron chi connectivity index (χ0n) is 11.2. The summed E-state index contributed by atoms with van der Waals surface area (Å²) in [6, 6.07) is 2.00. The zero-order chi connectivity index (χ0) is 12.9.